The second kappa shape index (κ2) is 8.68. The van der Waals surface area contributed by atoms with Crippen LogP contribution in [0.5, 0.6) is 5.75 Å². The molecule has 8 nitrogen and oxygen atoms in total. The van der Waals surface area contributed by atoms with Crippen LogP contribution in [-0.4, -0.2) is 53.2 Å². The fourth-order valence-corrected chi connectivity index (χ4v) is 4.66. The molecule has 8 heteroatoms. The molecule has 0 saturated carbocycles. The Morgan fingerprint density at radius 1 is 1.16 bits per heavy atom. The summed E-state index contributed by atoms with van der Waals surface area (Å²) in [7, 11) is 0. The first-order chi connectivity index (χ1) is 15.3. The van der Waals surface area contributed by atoms with Crippen molar-refractivity contribution in [3.63, 3.8) is 0 Å². The van der Waals surface area contributed by atoms with Gasteiger partial charge in [0.25, 0.3) is 0 Å². The van der Waals surface area contributed by atoms with Crippen LogP contribution >= 0.6 is 0 Å². The smallest absolute Gasteiger partial charge is 0.313 e. The lowest BCUT2D eigenvalue weighted by atomic mass is 9.79. The van der Waals surface area contributed by atoms with Crippen LogP contribution in [0.4, 0.5) is 5.69 Å². The maximum atomic E-state index is 12.2. The molecule has 170 valence electrons. The Kier molecular flexibility index (Phi) is 5.95. The van der Waals surface area contributed by atoms with E-state index in [0.717, 1.165) is 35.6 Å². The number of carboxylic acids is 1. The summed E-state index contributed by atoms with van der Waals surface area (Å²) in [5.41, 5.74) is 10.1. The van der Waals surface area contributed by atoms with Crippen molar-refractivity contribution in [3.05, 3.63) is 52.8 Å². The van der Waals surface area contributed by atoms with E-state index in [-0.39, 0.29) is 12.6 Å². The molecule has 2 aliphatic rings. The van der Waals surface area contributed by atoms with Crippen molar-refractivity contribution in [1.82, 2.24) is 9.88 Å². The van der Waals surface area contributed by atoms with E-state index >= 15 is 0 Å². The number of rotatable bonds is 5. The number of aromatic nitrogens is 1. The largest absolute Gasteiger partial charge is 0.492 e. The van der Waals surface area contributed by atoms with E-state index in [2.05, 4.69) is 22.0 Å². The maximum Gasteiger partial charge on any atom is 0.313 e. The normalized spacial score (nSPS) is 17.6. The van der Waals surface area contributed by atoms with E-state index in [1.54, 1.807) is 0 Å². The van der Waals surface area contributed by atoms with Gasteiger partial charge in [-0.3, -0.25) is 15.2 Å². The highest BCUT2D eigenvalue weighted by Crippen LogP contribution is 2.35. The zero-order valence-electron chi connectivity index (χ0n) is 18.7. The summed E-state index contributed by atoms with van der Waals surface area (Å²) in [6.45, 7) is 6.73. The molecule has 1 saturated heterocycles. The van der Waals surface area contributed by atoms with Gasteiger partial charge in [0, 0.05) is 43.3 Å². The van der Waals surface area contributed by atoms with E-state index < -0.39 is 11.4 Å². The maximum absolute atomic E-state index is 12.2. The van der Waals surface area contributed by atoms with Crippen molar-refractivity contribution in [2.75, 3.05) is 31.1 Å². The molecule has 32 heavy (non-hydrogen) atoms. The van der Waals surface area contributed by atoms with Gasteiger partial charge in [-0.25, -0.2) is 0 Å². The number of hydrogen-bond acceptors (Lipinski definition) is 5. The lowest BCUT2D eigenvalue weighted by Gasteiger charge is -2.39. The van der Waals surface area contributed by atoms with Crippen LogP contribution in [0.3, 0.4) is 0 Å². The summed E-state index contributed by atoms with van der Waals surface area (Å²) in [5, 5.41) is 17.7. The molecule has 2 aliphatic heterocycles. The number of carboxylic acid groups (broad SMARTS) is 1. The highest BCUT2D eigenvalue weighted by atomic mass is 16.5. The summed E-state index contributed by atoms with van der Waals surface area (Å²) in [6.07, 6.45) is 1.87. The number of aryl methyl sites for hydroxylation is 2. The van der Waals surface area contributed by atoms with Gasteiger partial charge in [0.2, 0.25) is 0 Å². The molecular formula is C24H31N5O3. The molecule has 1 fully saturated rings. The van der Waals surface area contributed by atoms with Crippen LogP contribution < -0.4 is 15.4 Å². The van der Waals surface area contributed by atoms with Gasteiger partial charge in [-0.05, 0) is 68.5 Å². The third-order valence-corrected chi connectivity index (χ3v) is 6.65. The van der Waals surface area contributed by atoms with Gasteiger partial charge in [0.05, 0.1) is 0 Å². The van der Waals surface area contributed by atoms with Crippen LogP contribution in [0.2, 0.25) is 0 Å². The molecule has 0 aliphatic carbocycles. The molecule has 4 rings (SSSR count). The summed E-state index contributed by atoms with van der Waals surface area (Å²) < 4.78 is 6.04. The molecule has 1 aromatic heterocycles. The molecule has 4 N–H and O–H groups in total. The van der Waals surface area contributed by atoms with Crippen LogP contribution in [0, 0.1) is 24.7 Å². The van der Waals surface area contributed by atoms with Crippen molar-refractivity contribution in [3.8, 4) is 5.75 Å². The first-order valence-electron chi connectivity index (χ1n) is 11.0. The number of ether oxygens (including phenoxy) is 1. The minimum Gasteiger partial charge on any atom is -0.492 e. The predicted octanol–water partition coefficient (Wildman–Crippen LogP) is 2.70. The lowest BCUT2D eigenvalue weighted by molar-refractivity contribution is -0.152. The van der Waals surface area contributed by atoms with Gasteiger partial charge < -0.3 is 25.4 Å². The fraction of sp³-hybridized carbons (Fsp3) is 0.458. The number of pyridine rings is 1. The number of hydrogen-bond donors (Lipinski definition) is 3. The third kappa shape index (κ3) is 4.49. The van der Waals surface area contributed by atoms with E-state index in [0.29, 0.717) is 38.2 Å². The Morgan fingerprint density at radius 3 is 2.47 bits per heavy atom. The molecular weight excluding hydrogens is 406 g/mol. The Hall–Kier alpha value is -3.29. The minimum atomic E-state index is -0.908. The van der Waals surface area contributed by atoms with E-state index in [9.17, 15) is 9.90 Å². The van der Waals surface area contributed by atoms with Crippen molar-refractivity contribution in [2.24, 2.45) is 11.1 Å². The molecule has 0 bridgehead atoms. The van der Waals surface area contributed by atoms with E-state index in [1.165, 1.54) is 5.56 Å². The van der Waals surface area contributed by atoms with Gasteiger partial charge in [0.1, 0.15) is 17.8 Å². The zero-order valence-corrected chi connectivity index (χ0v) is 18.7. The molecule has 0 amide bonds. The van der Waals surface area contributed by atoms with Gasteiger partial charge >= 0.3 is 5.97 Å². The summed E-state index contributed by atoms with van der Waals surface area (Å²) >= 11 is 0. The van der Waals surface area contributed by atoms with Crippen LogP contribution in [0.1, 0.15) is 35.4 Å². The van der Waals surface area contributed by atoms with Gasteiger partial charge in [-0.15, -0.1) is 0 Å². The van der Waals surface area contributed by atoms with Crippen LogP contribution in [-0.2, 0) is 17.8 Å². The zero-order chi connectivity index (χ0) is 22.9. The number of guanidine groups is 1. The average molecular weight is 438 g/mol. The predicted molar refractivity (Wildman–Crippen MR) is 123 cm³/mol. The molecule has 0 unspecified atom stereocenters. The number of nitrogens with zero attached hydrogens (tertiary/aromatic N) is 3. The monoisotopic (exact) mass is 437 g/mol. The number of carbonyl (C=O) groups is 1. The topological polar surface area (TPSA) is 116 Å². The summed E-state index contributed by atoms with van der Waals surface area (Å²) in [6, 6.07) is 10.0. The molecule has 2 aromatic rings. The second-order valence-corrected chi connectivity index (χ2v) is 8.96. The highest BCUT2D eigenvalue weighted by molar-refractivity contribution is 5.76. The number of nitrogens with two attached hydrogens (primary N) is 1. The van der Waals surface area contributed by atoms with E-state index in [1.807, 2.05) is 36.9 Å². The van der Waals surface area contributed by atoms with Gasteiger partial charge in [0.15, 0.2) is 5.96 Å². The first kappa shape index (κ1) is 21.9. The molecule has 0 radical (unpaired) electrons. The first-order valence-corrected chi connectivity index (χ1v) is 11.0. The average Bonchev–Trinajstić information content (AvgIpc) is 2.76. The number of anilines is 1. The number of benzene rings is 1. The number of piperidine rings is 1. The standard InChI is InChI=1S/C24H31N5O3/c1-16-11-20(12-17(2)27-16)28-9-6-24(7-10-28,22(30)31)15-32-21-4-3-18-5-8-29(23(25)26)14-19(18)13-21/h3-4,11-13H,5-10,14-15H2,1-2H3,(H3,25,26)(H,30,31). The summed E-state index contributed by atoms with van der Waals surface area (Å²) in [5.74, 6) is -0.0734. The van der Waals surface area contributed by atoms with Crippen molar-refractivity contribution >= 4 is 17.6 Å². The van der Waals surface area contributed by atoms with Gasteiger partial charge in [-0.1, -0.05) is 6.07 Å². The Labute approximate surface area is 188 Å². The van der Waals surface area contributed by atoms with E-state index in [4.69, 9.17) is 15.9 Å². The summed E-state index contributed by atoms with van der Waals surface area (Å²) in [4.78, 5) is 20.7. The van der Waals surface area contributed by atoms with Gasteiger partial charge in [-0.2, -0.15) is 0 Å². The Bertz CT molecular complexity index is 1010. The second-order valence-electron chi connectivity index (χ2n) is 8.96. The molecule has 3 heterocycles. The lowest BCUT2D eigenvalue weighted by Crippen LogP contribution is -2.47. The SMILES string of the molecule is Cc1cc(N2CCC(COc3ccc4c(c3)CN(C(=N)N)CC4)(C(=O)O)CC2)cc(C)n1. The van der Waals surface area contributed by atoms with Crippen LogP contribution in [0.15, 0.2) is 30.3 Å². The van der Waals surface area contributed by atoms with Crippen LogP contribution in [0.25, 0.3) is 0 Å². The minimum absolute atomic E-state index is 0.0677. The van der Waals surface area contributed by atoms with Crippen molar-refractivity contribution in [2.45, 2.75) is 39.7 Å². The Balaban J connectivity index is 1.43. The fourth-order valence-electron chi connectivity index (χ4n) is 4.66. The number of aliphatic carboxylic acids is 1. The van der Waals surface area contributed by atoms with Crippen molar-refractivity contribution in [1.29, 1.82) is 5.41 Å². The van der Waals surface area contributed by atoms with Crippen molar-refractivity contribution < 1.29 is 14.6 Å². The highest BCUT2D eigenvalue weighted by Gasteiger charge is 2.42. The quantitative estimate of drug-likeness (QED) is 0.486. The molecule has 1 aromatic carbocycles. The molecule has 0 spiro atoms. The number of fused-ring (bicyclic) bond motifs is 1. The third-order valence-electron chi connectivity index (χ3n) is 6.65. The molecule has 0 atom stereocenters. The number of nitrogens with one attached hydrogen (secondary N) is 1. The Morgan fingerprint density at radius 2 is 1.84 bits per heavy atom.